The van der Waals surface area contributed by atoms with Gasteiger partial charge in [0, 0.05) is 36.2 Å². The van der Waals surface area contributed by atoms with E-state index in [2.05, 4.69) is 20.3 Å². The molecule has 1 fully saturated rings. The topological polar surface area (TPSA) is 82.8 Å². The van der Waals surface area contributed by atoms with Crippen molar-refractivity contribution >= 4 is 22.9 Å². The van der Waals surface area contributed by atoms with Crippen molar-refractivity contribution in [2.45, 2.75) is 18.9 Å². The van der Waals surface area contributed by atoms with E-state index in [9.17, 15) is 9.90 Å². The second kappa shape index (κ2) is 6.52. The van der Waals surface area contributed by atoms with Gasteiger partial charge in [-0.3, -0.25) is 4.79 Å². The molecule has 3 heterocycles. The number of aromatic nitrogens is 3. The highest BCUT2D eigenvalue weighted by molar-refractivity contribution is 6.04. The van der Waals surface area contributed by atoms with E-state index in [0.29, 0.717) is 11.2 Å². The zero-order valence-electron chi connectivity index (χ0n) is 13.7. The van der Waals surface area contributed by atoms with Crippen molar-refractivity contribution < 1.29 is 9.90 Å². The Bertz CT molecular complexity index is 882. The van der Waals surface area contributed by atoms with Gasteiger partial charge < -0.3 is 15.3 Å². The van der Waals surface area contributed by atoms with Crippen LogP contribution >= 0.6 is 0 Å². The molecule has 0 saturated carbocycles. The van der Waals surface area contributed by atoms with E-state index in [4.69, 9.17) is 0 Å². The third-order valence-electron chi connectivity index (χ3n) is 4.50. The Morgan fingerprint density at radius 3 is 2.68 bits per heavy atom. The molecule has 7 heteroatoms. The standard InChI is InChI=1S/C18H19N5O2/c24-16-6-8-22(9-7-16)15-3-1-14(2-4-15)21-18(25)13-5-10-23-17(11-13)19-12-20-23/h1-5,10-12,16,24H,6-9H2,(H,21,25). The third-order valence-corrected chi connectivity index (χ3v) is 4.50. The van der Waals surface area contributed by atoms with Crippen LogP contribution in [0.15, 0.2) is 48.9 Å². The first-order valence-corrected chi connectivity index (χ1v) is 8.33. The zero-order valence-corrected chi connectivity index (χ0v) is 13.7. The zero-order chi connectivity index (χ0) is 17.2. The van der Waals surface area contributed by atoms with Crippen molar-refractivity contribution in [1.29, 1.82) is 0 Å². The molecule has 25 heavy (non-hydrogen) atoms. The van der Waals surface area contributed by atoms with Crippen LogP contribution in [0.3, 0.4) is 0 Å². The summed E-state index contributed by atoms with van der Waals surface area (Å²) in [7, 11) is 0. The molecule has 1 aliphatic rings. The quantitative estimate of drug-likeness (QED) is 0.763. The van der Waals surface area contributed by atoms with Crippen molar-refractivity contribution in [2.75, 3.05) is 23.3 Å². The average Bonchev–Trinajstić information content (AvgIpc) is 3.11. The fraction of sp³-hybridized carbons (Fsp3) is 0.278. The highest BCUT2D eigenvalue weighted by Crippen LogP contribution is 2.22. The summed E-state index contributed by atoms with van der Waals surface area (Å²) >= 11 is 0. The van der Waals surface area contributed by atoms with Gasteiger partial charge in [-0.05, 0) is 49.2 Å². The Hall–Kier alpha value is -2.93. The van der Waals surface area contributed by atoms with E-state index in [1.165, 1.54) is 6.33 Å². The maximum absolute atomic E-state index is 12.4. The summed E-state index contributed by atoms with van der Waals surface area (Å²) in [6.07, 6.45) is 4.57. The molecule has 7 nitrogen and oxygen atoms in total. The molecule has 2 N–H and O–H groups in total. The summed E-state index contributed by atoms with van der Waals surface area (Å²) < 4.78 is 1.61. The molecule has 0 bridgehead atoms. The summed E-state index contributed by atoms with van der Waals surface area (Å²) in [5, 5.41) is 16.5. The monoisotopic (exact) mass is 337 g/mol. The number of benzene rings is 1. The lowest BCUT2D eigenvalue weighted by Gasteiger charge is -2.31. The number of piperidine rings is 1. The fourth-order valence-electron chi connectivity index (χ4n) is 3.04. The Labute approximate surface area is 144 Å². The van der Waals surface area contributed by atoms with Gasteiger partial charge in [0.15, 0.2) is 5.65 Å². The van der Waals surface area contributed by atoms with Gasteiger partial charge >= 0.3 is 0 Å². The van der Waals surface area contributed by atoms with Crippen LogP contribution in [0.2, 0.25) is 0 Å². The van der Waals surface area contributed by atoms with Gasteiger partial charge in [-0.25, -0.2) is 9.50 Å². The number of aliphatic hydroxyl groups is 1. The van der Waals surface area contributed by atoms with Crippen LogP contribution in [-0.4, -0.2) is 44.8 Å². The number of rotatable bonds is 3. The maximum Gasteiger partial charge on any atom is 0.255 e. The molecule has 0 atom stereocenters. The molecule has 1 amide bonds. The molecule has 2 aromatic heterocycles. The number of nitrogens with zero attached hydrogens (tertiary/aromatic N) is 4. The highest BCUT2D eigenvalue weighted by Gasteiger charge is 2.17. The van der Waals surface area contributed by atoms with E-state index in [1.807, 2.05) is 24.3 Å². The van der Waals surface area contributed by atoms with E-state index >= 15 is 0 Å². The van der Waals surface area contributed by atoms with Crippen LogP contribution in [0.1, 0.15) is 23.2 Å². The highest BCUT2D eigenvalue weighted by atomic mass is 16.3. The first-order valence-electron chi connectivity index (χ1n) is 8.33. The number of hydrogen-bond donors (Lipinski definition) is 2. The fourth-order valence-corrected chi connectivity index (χ4v) is 3.04. The molecule has 0 unspecified atom stereocenters. The minimum atomic E-state index is -0.183. The SMILES string of the molecule is O=C(Nc1ccc(N2CCC(O)CC2)cc1)c1ccn2ncnc2c1. The van der Waals surface area contributed by atoms with Crippen LogP contribution < -0.4 is 10.2 Å². The van der Waals surface area contributed by atoms with Gasteiger partial charge in [0.2, 0.25) is 0 Å². The van der Waals surface area contributed by atoms with Crippen LogP contribution in [-0.2, 0) is 0 Å². The van der Waals surface area contributed by atoms with Gasteiger partial charge in [-0.2, -0.15) is 5.10 Å². The summed E-state index contributed by atoms with van der Waals surface area (Å²) in [4.78, 5) is 18.7. The molecular weight excluding hydrogens is 318 g/mol. The van der Waals surface area contributed by atoms with Crippen LogP contribution in [0.4, 0.5) is 11.4 Å². The van der Waals surface area contributed by atoms with Gasteiger partial charge in [0.05, 0.1) is 6.10 Å². The van der Waals surface area contributed by atoms with Crippen LogP contribution in [0.5, 0.6) is 0 Å². The molecule has 0 radical (unpaired) electrons. The second-order valence-electron chi connectivity index (χ2n) is 6.20. The number of pyridine rings is 1. The van der Waals surface area contributed by atoms with Gasteiger partial charge in [0.1, 0.15) is 6.33 Å². The molecule has 1 saturated heterocycles. The van der Waals surface area contributed by atoms with Crippen LogP contribution in [0.25, 0.3) is 5.65 Å². The van der Waals surface area contributed by atoms with Crippen molar-refractivity contribution in [3.8, 4) is 0 Å². The van der Waals surface area contributed by atoms with E-state index in [0.717, 1.165) is 37.3 Å². The lowest BCUT2D eigenvalue weighted by atomic mass is 10.1. The Morgan fingerprint density at radius 1 is 1.16 bits per heavy atom. The molecule has 0 aliphatic carbocycles. The lowest BCUT2D eigenvalue weighted by molar-refractivity contribution is 0.102. The molecule has 1 aromatic carbocycles. The smallest absolute Gasteiger partial charge is 0.255 e. The van der Waals surface area contributed by atoms with E-state index in [-0.39, 0.29) is 12.0 Å². The van der Waals surface area contributed by atoms with Gasteiger partial charge in [-0.1, -0.05) is 0 Å². The molecule has 1 aliphatic heterocycles. The summed E-state index contributed by atoms with van der Waals surface area (Å²) in [5.41, 5.74) is 3.02. The number of carbonyl (C=O) groups is 1. The number of fused-ring (bicyclic) bond motifs is 1. The first kappa shape index (κ1) is 15.6. The lowest BCUT2D eigenvalue weighted by Crippen LogP contribution is -2.35. The normalized spacial score (nSPS) is 15.5. The van der Waals surface area contributed by atoms with Crippen molar-refractivity contribution in [2.24, 2.45) is 0 Å². The summed E-state index contributed by atoms with van der Waals surface area (Å²) in [6, 6.07) is 11.2. The van der Waals surface area contributed by atoms with E-state index in [1.54, 1.807) is 22.8 Å². The molecular formula is C18H19N5O2. The number of hydrogen-bond acceptors (Lipinski definition) is 5. The first-order chi connectivity index (χ1) is 12.2. The molecule has 128 valence electrons. The Balaban J connectivity index is 1.44. The minimum Gasteiger partial charge on any atom is -0.393 e. The van der Waals surface area contributed by atoms with Crippen molar-refractivity contribution in [1.82, 2.24) is 14.6 Å². The second-order valence-corrected chi connectivity index (χ2v) is 6.20. The number of anilines is 2. The predicted molar refractivity (Wildman–Crippen MR) is 94.8 cm³/mol. The van der Waals surface area contributed by atoms with E-state index < -0.39 is 0 Å². The average molecular weight is 337 g/mol. The van der Waals surface area contributed by atoms with Gasteiger partial charge in [-0.15, -0.1) is 0 Å². The number of amides is 1. The van der Waals surface area contributed by atoms with Crippen molar-refractivity contribution in [3.05, 3.63) is 54.5 Å². The van der Waals surface area contributed by atoms with Gasteiger partial charge in [0.25, 0.3) is 5.91 Å². The molecule has 0 spiro atoms. The largest absolute Gasteiger partial charge is 0.393 e. The number of aliphatic hydroxyl groups excluding tert-OH is 1. The summed E-state index contributed by atoms with van der Waals surface area (Å²) in [5.74, 6) is -0.181. The van der Waals surface area contributed by atoms with Crippen molar-refractivity contribution in [3.63, 3.8) is 0 Å². The van der Waals surface area contributed by atoms with Crippen LogP contribution in [0, 0.1) is 0 Å². The molecule has 3 aromatic rings. The third kappa shape index (κ3) is 3.32. The number of nitrogens with one attached hydrogen (secondary N) is 1. The number of carbonyl (C=O) groups excluding carboxylic acids is 1. The summed E-state index contributed by atoms with van der Waals surface area (Å²) in [6.45, 7) is 1.70. The predicted octanol–water partition coefficient (Wildman–Crippen LogP) is 1.94. The Kier molecular flexibility index (Phi) is 4.07. The Morgan fingerprint density at radius 2 is 1.92 bits per heavy atom. The molecule has 4 rings (SSSR count). The maximum atomic E-state index is 12.4. The minimum absolute atomic E-state index is 0.181.